The van der Waals surface area contributed by atoms with Gasteiger partial charge in [0.2, 0.25) is 5.91 Å². The van der Waals surface area contributed by atoms with Crippen LogP contribution in [0.2, 0.25) is 0 Å². The summed E-state index contributed by atoms with van der Waals surface area (Å²) in [6.45, 7) is 6.00. The summed E-state index contributed by atoms with van der Waals surface area (Å²) in [6.07, 6.45) is 0.223. The van der Waals surface area contributed by atoms with Crippen LogP contribution in [-0.2, 0) is 11.3 Å². The molecule has 5 nitrogen and oxygen atoms in total. The fourth-order valence-corrected chi connectivity index (χ4v) is 3.03. The Morgan fingerprint density at radius 2 is 1.76 bits per heavy atom. The highest BCUT2D eigenvalue weighted by atomic mass is 16.2. The average molecular weight is 335 g/mol. The fraction of sp³-hybridized carbons (Fsp3) is 0.250. The van der Waals surface area contributed by atoms with Crippen molar-refractivity contribution in [1.29, 1.82) is 0 Å². The number of aromatic nitrogens is 2. The second kappa shape index (κ2) is 6.89. The molecule has 5 heteroatoms. The molecule has 128 valence electrons. The Bertz CT molecular complexity index is 985. The Morgan fingerprint density at radius 1 is 1.08 bits per heavy atom. The van der Waals surface area contributed by atoms with Crippen molar-refractivity contribution in [3.05, 3.63) is 69.6 Å². The van der Waals surface area contributed by atoms with Crippen molar-refractivity contribution in [1.82, 2.24) is 9.55 Å². The van der Waals surface area contributed by atoms with Gasteiger partial charge in [0.25, 0.3) is 5.56 Å². The van der Waals surface area contributed by atoms with Gasteiger partial charge in [0, 0.05) is 18.7 Å². The monoisotopic (exact) mass is 335 g/mol. The molecule has 0 saturated carbocycles. The highest BCUT2D eigenvalue weighted by Crippen LogP contribution is 2.14. The van der Waals surface area contributed by atoms with Crippen molar-refractivity contribution in [3.63, 3.8) is 0 Å². The van der Waals surface area contributed by atoms with E-state index in [9.17, 15) is 9.59 Å². The zero-order chi connectivity index (χ0) is 18.0. The highest BCUT2D eigenvalue weighted by Gasteiger charge is 2.10. The number of aryl methyl sites for hydroxylation is 4. The van der Waals surface area contributed by atoms with E-state index in [1.807, 2.05) is 50.2 Å². The van der Waals surface area contributed by atoms with E-state index in [0.717, 1.165) is 27.8 Å². The smallest absolute Gasteiger partial charge is 0.272 e. The third-order valence-corrected chi connectivity index (χ3v) is 4.08. The van der Waals surface area contributed by atoms with Gasteiger partial charge in [-0.3, -0.25) is 9.59 Å². The van der Waals surface area contributed by atoms with Crippen molar-refractivity contribution in [2.45, 2.75) is 33.7 Å². The van der Waals surface area contributed by atoms with Gasteiger partial charge in [-0.15, -0.1) is 0 Å². The molecule has 0 spiro atoms. The van der Waals surface area contributed by atoms with E-state index in [0.29, 0.717) is 12.2 Å². The molecule has 0 radical (unpaired) electrons. The second-order valence-corrected chi connectivity index (χ2v) is 6.32. The number of nitrogens with zero attached hydrogens (tertiary/aromatic N) is 2. The number of carbonyl (C=O) groups is 1. The molecule has 2 aromatic carbocycles. The molecule has 0 unspecified atom stereocenters. The summed E-state index contributed by atoms with van der Waals surface area (Å²) in [5.41, 5.74) is 4.77. The topological polar surface area (TPSA) is 64.0 Å². The Labute approximate surface area is 146 Å². The van der Waals surface area contributed by atoms with Crippen LogP contribution in [0.4, 0.5) is 5.69 Å². The van der Waals surface area contributed by atoms with Crippen molar-refractivity contribution in [2.24, 2.45) is 0 Å². The number of hydrogen-bond acceptors (Lipinski definition) is 3. The molecule has 1 heterocycles. The molecule has 3 rings (SSSR count). The van der Waals surface area contributed by atoms with E-state index in [4.69, 9.17) is 0 Å². The van der Waals surface area contributed by atoms with E-state index >= 15 is 0 Å². The molecule has 1 N–H and O–H groups in total. The summed E-state index contributed by atoms with van der Waals surface area (Å²) in [7, 11) is 0. The van der Waals surface area contributed by atoms with Gasteiger partial charge in [-0.05, 0) is 56.2 Å². The Hall–Kier alpha value is -2.95. The summed E-state index contributed by atoms with van der Waals surface area (Å²) in [6, 6.07) is 13.4. The van der Waals surface area contributed by atoms with Crippen LogP contribution in [0.15, 0.2) is 47.3 Å². The third-order valence-electron chi connectivity index (χ3n) is 4.08. The molecule has 1 aromatic heterocycles. The van der Waals surface area contributed by atoms with E-state index in [1.54, 1.807) is 11.5 Å². The number of anilines is 1. The van der Waals surface area contributed by atoms with Crippen LogP contribution >= 0.6 is 0 Å². The predicted molar refractivity (Wildman–Crippen MR) is 99.9 cm³/mol. The van der Waals surface area contributed by atoms with Crippen LogP contribution in [0.1, 0.15) is 23.2 Å². The van der Waals surface area contributed by atoms with Gasteiger partial charge in [-0.1, -0.05) is 18.2 Å². The molecule has 25 heavy (non-hydrogen) atoms. The number of para-hydroxylation sites is 2. The first-order chi connectivity index (χ1) is 11.9. The minimum atomic E-state index is -0.155. The van der Waals surface area contributed by atoms with Gasteiger partial charge < -0.3 is 9.88 Å². The number of nitrogens with one attached hydrogen (secondary N) is 1. The number of hydrogen-bond donors (Lipinski definition) is 1. The lowest BCUT2D eigenvalue weighted by Crippen LogP contribution is -2.26. The molecular formula is C20H21N3O2. The number of fused-ring (bicyclic) bond motifs is 1. The Kier molecular flexibility index (Phi) is 4.65. The zero-order valence-electron chi connectivity index (χ0n) is 14.7. The van der Waals surface area contributed by atoms with Crippen molar-refractivity contribution >= 4 is 22.6 Å². The Morgan fingerprint density at radius 3 is 2.48 bits per heavy atom. The van der Waals surface area contributed by atoms with Crippen LogP contribution in [0.25, 0.3) is 11.0 Å². The van der Waals surface area contributed by atoms with Gasteiger partial charge in [-0.25, -0.2) is 4.98 Å². The van der Waals surface area contributed by atoms with Crippen molar-refractivity contribution < 1.29 is 4.79 Å². The number of amides is 1. The second-order valence-electron chi connectivity index (χ2n) is 6.32. The normalized spacial score (nSPS) is 10.8. The van der Waals surface area contributed by atoms with Gasteiger partial charge in [-0.2, -0.15) is 0 Å². The highest BCUT2D eigenvalue weighted by molar-refractivity contribution is 5.91. The molecule has 0 aliphatic carbocycles. The SMILES string of the molecule is Cc1cc(C)cc(NC(=O)CCn2c(=O)c(C)nc3ccccc32)c1. The average Bonchev–Trinajstić information content (AvgIpc) is 2.54. The predicted octanol–water partition coefficient (Wildman–Crippen LogP) is 3.35. The summed E-state index contributed by atoms with van der Waals surface area (Å²) in [4.78, 5) is 29.0. The van der Waals surface area contributed by atoms with Crippen LogP contribution in [0.3, 0.4) is 0 Å². The first-order valence-electron chi connectivity index (χ1n) is 8.28. The van der Waals surface area contributed by atoms with E-state index < -0.39 is 0 Å². The third kappa shape index (κ3) is 3.76. The van der Waals surface area contributed by atoms with Gasteiger partial charge in [0.05, 0.1) is 11.0 Å². The molecule has 0 fully saturated rings. The lowest BCUT2D eigenvalue weighted by Gasteiger charge is -2.11. The first-order valence-corrected chi connectivity index (χ1v) is 8.28. The molecule has 0 bridgehead atoms. The lowest BCUT2D eigenvalue weighted by atomic mass is 10.1. The quantitative estimate of drug-likeness (QED) is 0.795. The molecule has 0 aliphatic rings. The molecule has 3 aromatic rings. The van der Waals surface area contributed by atoms with E-state index in [2.05, 4.69) is 16.4 Å². The maximum atomic E-state index is 12.4. The van der Waals surface area contributed by atoms with Gasteiger partial charge in [0.1, 0.15) is 5.69 Å². The fourth-order valence-electron chi connectivity index (χ4n) is 3.03. The van der Waals surface area contributed by atoms with Crippen LogP contribution in [0, 0.1) is 20.8 Å². The molecule has 0 saturated heterocycles. The van der Waals surface area contributed by atoms with Gasteiger partial charge in [0.15, 0.2) is 0 Å². The van der Waals surface area contributed by atoms with Gasteiger partial charge >= 0.3 is 0 Å². The summed E-state index contributed by atoms with van der Waals surface area (Å²) < 4.78 is 1.62. The summed E-state index contributed by atoms with van der Waals surface area (Å²) in [5.74, 6) is -0.115. The summed E-state index contributed by atoms with van der Waals surface area (Å²) >= 11 is 0. The summed E-state index contributed by atoms with van der Waals surface area (Å²) in [5, 5.41) is 2.91. The van der Waals surface area contributed by atoms with Crippen LogP contribution in [-0.4, -0.2) is 15.5 Å². The molecular weight excluding hydrogens is 314 g/mol. The van der Waals surface area contributed by atoms with E-state index in [-0.39, 0.29) is 17.9 Å². The maximum Gasteiger partial charge on any atom is 0.272 e. The van der Waals surface area contributed by atoms with Crippen LogP contribution < -0.4 is 10.9 Å². The minimum absolute atomic E-state index is 0.115. The molecule has 0 aliphatic heterocycles. The molecule has 0 atom stereocenters. The number of rotatable bonds is 4. The largest absolute Gasteiger partial charge is 0.326 e. The van der Waals surface area contributed by atoms with Crippen molar-refractivity contribution in [2.75, 3.05) is 5.32 Å². The van der Waals surface area contributed by atoms with Crippen LogP contribution in [0.5, 0.6) is 0 Å². The molecule has 1 amide bonds. The Balaban J connectivity index is 1.79. The minimum Gasteiger partial charge on any atom is -0.326 e. The van der Waals surface area contributed by atoms with Crippen molar-refractivity contribution in [3.8, 4) is 0 Å². The number of benzene rings is 2. The zero-order valence-corrected chi connectivity index (χ0v) is 14.7. The first kappa shape index (κ1) is 16.9. The lowest BCUT2D eigenvalue weighted by molar-refractivity contribution is -0.116. The van der Waals surface area contributed by atoms with E-state index in [1.165, 1.54) is 0 Å². The number of carbonyl (C=O) groups excluding carboxylic acids is 1. The standard InChI is InChI=1S/C20H21N3O2/c1-13-10-14(2)12-16(11-13)22-19(24)8-9-23-18-7-5-4-6-17(18)21-15(3)20(23)25/h4-7,10-12H,8-9H2,1-3H3,(H,22,24). The maximum absolute atomic E-state index is 12.4.